The Hall–Kier alpha value is -1.15. The zero-order valence-corrected chi connectivity index (χ0v) is 17.0. The number of hydrogen-bond donors (Lipinski definition) is 2. The van der Waals surface area contributed by atoms with Crippen LogP contribution in [0.15, 0.2) is 42.5 Å². The van der Waals surface area contributed by atoms with Gasteiger partial charge >= 0.3 is 0 Å². The van der Waals surface area contributed by atoms with Crippen molar-refractivity contribution >= 4 is 28.3 Å². The van der Waals surface area contributed by atoms with E-state index in [9.17, 15) is 10.2 Å². The van der Waals surface area contributed by atoms with Gasteiger partial charge in [0, 0.05) is 53.5 Å². The van der Waals surface area contributed by atoms with Gasteiger partial charge in [-0.05, 0) is 52.3 Å². The van der Waals surface area contributed by atoms with Gasteiger partial charge in [-0.3, -0.25) is 4.90 Å². The van der Waals surface area contributed by atoms with Crippen molar-refractivity contribution in [2.24, 2.45) is 0 Å². The second-order valence-electron chi connectivity index (χ2n) is 7.23. The summed E-state index contributed by atoms with van der Waals surface area (Å²) in [6.45, 7) is 3.82. The van der Waals surface area contributed by atoms with E-state index < -0.39 is 0 Å². The van der Waals surface area contributed by atoms with Crippen LogP contribution in [-0.4, -0.2) is 53.4 Å². The van der Waals surface area contributed by atoms with E-state index in [4.69, 9.17) is 0 Å². The first-order valence-corrected chi connectivity index (χ1v) is 10.4. The quantitative estimate of drug-likeness (QED) is 0.686. The van der Waals surface area contributed by atoms with Gasteiger partial charge in [0.25, 0.3) is 0 Å². The first kappa shape index (κ1) is 18.2. The van der Waals surface area contributed by atoms with Crippen molar-refractivity contribution in [1.82, 2.24) is 4.90 Å². The van der Waals surface area contributed by atoms with Crippen molar-refractivity contribution in [3.8, 4) is 0 Å². The SMILES string of the molecule is OCc1ccccc1N1CCN([C@H]2Cc3c(I)cccc3C[C@@H]2O)CC1. The molecule has 2 aromatic carbocycles. The highest BCUT2D eigenvalue weighted by Crippen LogP contribution is 2.30. The van der Waals surface area contributed by atoms with E-state index in [-0.39, 0.29) is 18.8 Å². The van der Waals surface area contributed by atoms with E-state index in [0.29, 0.717) is 0 Å². The van der Waals surface area contributed by atoms with Gasteiger partial charge < -0.3 is 15.1 Å². The molecule has 4 rings (SSSR count). The minimum absolute atomic E-state index is 0.0763. The van der Waals surface area contributed by atoms with E-state index in [2.05, 4.69) is 56.7 Å². The van der Waals surface area contributed by atoms with Crippen LogP contribution in [0.1, 0.15) is 16.7 Å². The molecule has 0 saturated carbocycles. The van der Waals surface area contributed by atoms with E-state index in [0.717, 1.165) is 50.3 Å². The molecule has 0 radical (unpaired) electrons. The Morgan fingerprint density at radius 2 is 1.73 bits per heavy atom. The van der Waals surface area contributed by atoms with Crippen molar-refractivity contribution in [3.05, 3.63) is 62.7 Å². The zero-order chi connectivity index (χ0) is 18.1. The molecule has 0 bridgehead atoms. The number of fused-ring (bicyclic) bond motifs is 1. The summed E-state index contributed by atoms with van der Waals surface area (Å²) in [5, 5.41) is 20.3. The lowest BCUT2D eigenvalue weighted by Gasteiger charge is -2.44. The zero-order valence-electron chi connectivity index (χ0n) is 14.8. The van der Waals surface area contributed by atoms with Crippen molar-refractivity contribution in [1.29, 1.82) is 0 Å². The summed E-state index contributed by atoms with van der Waals surface area (Å²) < 4.78 is 1.31. The number of aliphatic hydroxyl groups excluding tert-OH is 2. The number of halogens is 1. The molecule has 26 heavy (non-hydrogen) atoms. The van der Waals surface area contributed by atoms with Crippen LogP contribution >= 0.6 is 22.6 Å². The van der Waals surface area contributed by atoms with E-state index in [1.807, 2.05) is 18.2 Å². The summed E-state index contributed by atoms with van der Waals surface area (Å²) in [5.74, 6) is 0. The summed E-state index contributed by atoms with van der Waals surface area (Å²) in [5.41, 5.74) is 4.84. The van der Waals surface area contributed by atoms with Crippen LogP contribution in [0.3, 0.4) is 0 Å². The second-order valence-corrected chi connectivity index (χ2v) is 8.39. The van der Waals surface area contributed by atoms with Crippen molar-refractivity contribution in [2.45, 2.75) is 31.6 Å². The Morgan fingerprint density at radius 1 is 0.962 bits per heavy atom. The molecule has 1 saturated heterocycles. The molecule has 0 spiro atoms. The van der Waals surface area contributed by atoms with Gasteiger partial charge in [0.05, 0.1) is 12.7 Å². The molecule has 1 aliphatic carbocycles. The second kappa shape index (κ2) is 7.84. The Balaban J connectivity index is 1.46. The number of piperazine rings is 1. The maximum Gasteiger partial charge on any atom is 0.0739 e. The monoisotopic (exact) mass is 464 g/mol. The average molecular weight is 464 g/mol. The molecule has 2 atom stereocenters. The number of rotatable bonds is 3. The summed E-state index contributed by atoms with van der Waals surface area (Å²) in [6, 6.07) is 14.7. The normalized spacial score (nSPS) is 23.7. The fourth-order valence-electron chi connectivity index (χ4n) is 4.35. The Labute approximate surface area is 168 Å². The van der Waals surface area contributed by atoms with Crippen molar-refractivity contribution in [2.75, 3.05) is 31.1 Å². The highest BCUT2D eigenvalue weighted by Gasteiger charge is 2.34. The Kier molecular flexibility index (Phi) is 5.50. The third-order valence-corrected chi connectivity index (χ3v) is 6.80. The van der Waals surface area contributed by atoms with Gasteiger partial charge in [-0.1, -0.05) is 30.3 Å². The highest BCUT2D eigenvalue weighted by molar-refractivity contribution is 14.1. The van der Waals surface area contributed by atoms with E-state index in [1.54, 1.807) is 0 Å². The minimum Gasteiger partial charge on any atom is -0.392 e. The van der Waals surface area contributed by atoms with Crippen molar-refractivity contribution < 1.29 is 10.2 Å². The van der Waals surface area contributed by atoms with Gasteiger partial charge in [-0.25, -0.2) is 0 Å². The molecule has 0 amide bonds. The molecule has 1 aliphatic heterocycles. The van der Waals surface area contributed by atoms with E-state index >= 15 is 0 Å². The molecule has 1 fully saturated rings. The highest BCUT2D eigenvalue weighted by atomic mass is 127. The number of hydrogen-bond acceptors (Lipinski definition) is 4. The van der Waals surface area contributed by atoms with E-state index in [1.165, 1.54) is 14.7 Å². The van der Waals surface area contributed by atoms with Crippen LogP contribution in [0, 0.1) is 3.57 Å². The number of aliphatic hydroxyl groups is 2. The third kappa shape index (κ3) is 3.50. The number of para-hydroxylation sites is 1. The topological polar surface area (TPSA) is 46.9 Å². The molecule has 2 N–H and O–H groups in total. The number of anilines is 1. The van der Waals surface area contributed by atoms with Gasteiger partial charge in [0.1, 0.15) is 0 Å². The lowest BCUT2D eigenvalue weighted by atomic mass is 9.85. The maximum atomic E-state index is 10.7. The average Bonchev–Trinajstić information content (AvgIpc) is 2.68. The van der Waals surface area contributed by atoms with Crippen LogP contribution < -0.4 is 4.90 Å². The van der Waals surface area contributed by atoms with Crippen molar-refractivity contribution in [3.63, 3.8) is 0 Å². The van der Waals surface area contributed by atoms with Gasteiger partial charge in [-0.2, -0.15) is 0 Å². The fourth-order valence-corrected chi connectivity index (χ4v) is 5.12. The number of nitrogens with zero attached hydrogens (tertiary/aromatic N) is 2. The summed E-state index contributed by atoms with van der Waals surface area (Å²) in [7, 11) is 0. The third-order valence-electron chi connectivity index (χ3n) is 5.79. The maximum absolute atomic E-state index is 10.7. The first-order valence-electron chi connectivity index (χ1n) is 9.29. The predicted molar refractivity (Wildman–Crippen MR) is 113 cm³/mol. The van der Waals surface area contributed by atoms with Crippen LogP contribution in [0.2, 0.25) is 0 Å². The minimum atomic E-state index is -0.294. The summed E-state index contributed by atoms with van der Waals surface area (Å²) >= 11 is 2.42. The van der Waals surface area contributed by atoms with Crippen LogP contribution in [0.4, 0.5) is 5.69 Å². The van der Waals surface area contributed by atoms with Crippen LogP contribution in [0.5, 0.6) is 0 Å². The molecule has 1 heterocycles. The summed E-state index contributed by atoms with van der Waals surface area (Å²) in [6.07, 6.45) is 1.39. The lowest BCUT2D eigenvalue weighted by molar-refractivity contribution is 0.0393. The van der Waals surface area contributed by atoms with Gasteiger partial charge in [-0.15, -0.1) is 0 Å². The Bertz CT molecular complexity index is 774. The van der Waals surface area contributed by atoms with Crippen LogP contribution in [0.25, 0.3) is 0 Å². The smallest absolute Gasteiger partial charge is 0.0739 e. The van der Waals surface area contributed by atoms with Gasteiger partial charge in [0.15, 0.2) is 0 Å². The molecule has 2 aromatic rings. The predicted octanol–water partition coefficient (Wildman–Crippen LogP) is 2.43. The largest absolute Gasteiger partial charge is 0.392 e. The molecular weight excluding hydrogens is 439 g/mol. The molecule has 138 valence electrons. The Morgan fingerprint density at radius 3 is 2.50 bits per heavy atom. The molecule has 0 aromatic heterocycles. The molecule has 2 aliphatic rings. The molecule has 4 nitrogen and oxygen atoms in total. The van der Waals surface area contributed by atoms with Crippen LogP contribution in [-0.2, 0) is 19.4 Å². The fraction of sp³-hybridized carbons (Fsp3) is 0.429. The van der Waals surface area contributed by atoms with Gasteiger partial charge in [0.2, 0.25) is 0 Å². The lowest BCUT2D eigenvalue weighted by Crippen LogP contribution is -2.56. The molecule has 5 heteroatoms. The standard InChI is InChI=1S/C21H25IN2O2/c22-18-6-3-5-15-12-21(26)20(13-17(15)18)24-10-8-23(9-11-24)19-7-2-1-4-16(19)14-25/h1-7,20-21,25-26H,8-14H2/t20-,21-/m0/s1. The first-order chi connectivity index (χ1) is 12.7. The molecule has 0 unspecified atom stereocenters. The summed E-state index contributed by atoms with van der Waals surface area (Å²) in [4.78, 5) is 4.81. The number of benzene rings is 2. The molecular formula is C21H25IN2O2.